The first-order chi connectivity index (χ1) is 10.4. The maximum atomic E-state index is 11.6. The molecular weight excluding hydrogens is 292 g/mol. The fourth-order valence-corrected chi connectivity index (χ4v) is 1.56. The van der Waals surface area contributed by atoms with Gasteiger partial charge in [-0.15, -0.1) is 0 Å². The second-order valence-corrected chi connectivity index (χ2v) is 4.39. The maximum absolute atomic E-state index is 11.6. The van der Waals surface area contributed by atoms with Gasteiger partial charge in [-0.05, 0) is 25.0 Å². The first-order valence-corrected chi connectivity index (χ1v) is 6.47. The Hall–Kier alpha value is -2.90. The maximum Gasteiger partial charge on any atom is 0.224 e. The Morgan fingerprint density at radius 2 is 1.09 bits per heavy atom. The van der Waals surface area contributed by atoms with Gasteiger partial charge >= 0.3 is 0 Å². The number of carboxylic acids is 2. The Balaban J connectivity index is 2.65. The summed E-state index contributed by atoms with van der Waals surface area (Å²) in [6.45, 7) is 0. The quantitative estimate of drug-likeness (QED) is 0.607. The van der Waals surface area contributed by atoms with E-state index in [0.717, 1.165) is 0 Å². The average Bonchev–Trinajstić information content (AvgIpc) is 2.45. The van der Waals surface area contributed by atoms with Crippen molar-refractivity contribution in [3.8, 4) is 0 Å². The van der Waals surface area contributed by atoms with E-state index in [0.29, 0.717) is 0 Å². The molecule has 1 aromatic carbocycles. The first-order valence-electron chi connectivity index (χ1n) is 6.47. The van der Waals surface area contributed by atoms with Gasteiger partial charge in [-0.2, -0.15) is 0 Å². The number of anilines is 2. The summed E-state index contributed by atoms with van der Waals surface area (Å²) in [5.74, 6) is -3.75. The molecule has 1 aromatic rings. The van der Waals surface area contributed by atoms with Crippen LogP contribution in [0.15, 0.2) is 24.3 Å². The largest absolute Gasteiger partial charge is 0.550 e. The number of carbonyl (C=O) groups is 4. The summed E-state index contributed by atoms with van der Waals surface area (Å²) < 4.78 is 0. The molecule has 22 heavy (non-hydrogen) atoms. The molecule has 2 amide bonds. The molecule has 0 aromatic heterocycles. The van der Waals surface area contributed by atoms with Crippen molar-refractivity contribution < 1.29 is 29.4 Å². The molecule has 2 N–H and O–H groups in total. The van der Waals surface area contributed by atoms with Gasteiger partial charge in [0.2, 0.25) is 11.8 Å². The van der Waals surface area contributed by atoms with Crippen molar-refractivity contribution in [1.82, 2.24) is 0 Å². The van der Waals surface area contributed by atoms with Crippen LogP contribution >= 0.6 is 0 Å². The van der Waals surface area contributed by atoms with Gasteiger partial charge in [-0.1, -0.05) is 12.1 Å². The highest BCUT2D eigenvalue weighted by molar-refractivity contribution is 6.00. The fraction of sp³-hybridized carbons (Fsp3) is 0.286. The zero-order valence-corrected chi connectivity index (χ0v) is 11.6. The molecule has 0 aliphatic carbocycles. The normalized spacial score (nSPS) is 9.82. The molecule has 1 rings (SSSR count). The summed E-state index contributed by atoms with van der Waals surface area (Å²) in [5.41, 5.74) is 0.570. The molecule has 0 fully saturated rings. The summed E-state index contributed by atoms with van der Waals surface area (Å²) >= 11 is 0. The highest BCUT2D eigenvalue weighted by Gasteiger charge is 2.09. The summed E-state index contributed by atoms with van der Waals surface area (Å²) in [6, 6.07) is 6.27. The van der Waals surface area contributed by atoms with E-state index in [2.05, 4.69) is 10.6 Å². The molecule has 0 saturated heterocycles. The second kappa shape index (κ2) is 8.40. The number of hydrogen-bond acceptors (Lipinski definition) is 6. The van der Waals surface area contributed by atoms with Crippen LogP contribution in [0.1, 0.15) is 25.7 Å². The van der Waals surface area contributed by atoms with Gasteiger partial charge in [0.25, 0.3) is 0 Å². The number of para-hydroxylation sites is 2. The van der Waals surface area contributed by atoms with E-state index in [1.165, 1.54) is 12.1 Å². The fourth-order valence-electron chi connectivity index (χ4n) is 1.56. The van der Waals surface area contributed by atoms with Crippen molar-refractivity contribution in [3.63, 3.8) is 0 Å². The summed E-state index contributed by atoms with van der Waals surface area (Å²) in [7, 11) is 0. The van der Waals surface area contributed by atoms with E-state index in [4.69, 9.17) is 0 Å². The molecular formula is C14H14N2O6-2. The Labute approximate surface area is 126 Å². The lowest BCUT2D eigenvalue weighted by molar-refractivity contribution is -0.307. The van der Waals surface area contributed by atoms with Gasteiger partial charge in [-0.25, -0.2) is 0 Å². The molecule has 0 aliphatic rings. The third kappa shape index (κ3) is 6.51. The van der Waals surface area contributed by atoms with E-state index < -0.39 is 36.6 Å². The van der Waals surface area contributed by atoms with E-state index in [1.54, 1.807) is 12.1 Å². The number of hydrogen-bond donors (Lipinski definition) is 2. The van der Waals surface area contributed by atoms with Crippen LogP contribution in [0.4, 0.5) is 11.4 Å². The lowest BCUT2D eigenvalue weighted by Gasteiger charge is -2.12. The van der Waals surface area contributed by atoms with Crippen molar-refractivity contribution in [2.45, 2.75) is 25.7 Å². The summed E-state index contributed by atoms with van der Waals surface area (Å²) in [4.78, 5) is 43.7. The van der Waals surface area contributed by atoms with Crippen LogP contribution in [0.25, 0.3) is 0 Å². The third-order valence-corrected chi connectivity index (χ3v) is 2.59. The molecule has 0 radical (unpaired) electrons. The Bertz CT molecular complexity index is 533. The first kappa shape index (κ1) is 17.2. The van der Waals surface area contributed by atoms with Crippen LogP contribution < -0.4 is 20.8 Å². The van der Waals surface area contributed by atoms with Crippen molar-refractivity contribution in [3.05, 3.63) is 24.3 Å². The van der Waals surface area contributed by atoms with Crippen LogP contribution in [0.3, 0.4) is 0 Å². The standard InChI is InChI=1S/C14H16N2O6/c17-11(5-7-13(19)20)15-9-3-1-2-4-10(9)16-12(18)6-8-14(21)22/h1-4H,5-8H2,(H,15,17)(H,16,18)(H,19,20)(H,21,22)/p-2. The lowest BCUT2D eigenvalue weighted by Crippen LogP contribution is -2.25. The van der Waals surface area contributed by atoms with Gasteiger partial charge in [0.1, 0.15) is 0 Å². The molecule has 8 nitrogen and oxygen atoms in total. The topological polar surface area (TPSA) is 138 Å². The van der Waals surface area contributed by atoms with E-state index >= 15 is 0 Å². The van der Waals surface area contributed by atoms with Gasteiger partial charge in [0, 0.05) is 24.8 Å². The van der Waals surface area contributed by atoms with Crippen molar-refractivity contribution >= 4 is 35.1 Å². The Kier molecular flexibility index (Phi) is 6.55. The smallest absolute Gasteiger partial charge is 0.224 e. The number of benzene rings is 1. The van der Waals surface area contributed by atoms with Crippen LogP contribution in [0.5, 0.6) is 0 Å². The van der Waals surface area contributed by atoms with Crippen LogP contribution in [-0.2, 0) is 19.2 Å². The van der Waals surface area contributed by atoms with Gasteiger partial charge < -0.3 is 30.4 Å². The molecule has 0 heterocycles. The van der Waals surface area contributed by atoms with E-state index in [-0.39, 0.29) is 24.2 Å². The minimum Gasteiger partial charge on any atom is -0.550 e. The number of nitrogens with one attached hydrogen (secondary N) is 2. The molecule has 0 aliphatic heterocycles. The predicted octanol–water partition coefficient (Wildman–Crippen LogP) is -1.38. The Morgan fingerprint density at radius 3 is 1.41 bits per heavy atom. The third-order valence-electron chi connectivity index (χ3n) is 2.59. The minimum atomic E-state index is -1.33. The SMILES string of the molecule is O=C([O-])CCC(=O)Nc1ccccc1NC(=O)CCC(=O)[O-]. The molecule has 8 heteroatoms. The number of carboxylic acid groups (broad SMARTS) is 2. The van der Waals surface area contributed by atoms with Gasteiger partial charge in [0.05, 0.1) is 11.4 Å². The van der Waals surface area contributed by atoms with Gasteiger partial charge in [-0.3, -0.25) is 9.59 Å². The van der Waals surface area contributed by atoms with Crippen LogP contribution in [0, 0.1) is 0 Å². The lowest BCUT2D eigenvalue weighted by atomic mass is 10.2. The van der Waals surface area contributed by atoms with E-state index in [1.807, 2.05) is 0 Å². The van der Waals surface area contributed by atoms with Gasteiger partial charge in [0.15, 0.2) is 0 Å². The van der Waals surface area contributed by atoms with E-state index in [9.17, 15) is 29.4 Å². The molecule has 0 atom stereocenters. The average molecular weight is 306 g/mol. The highest BCUT2D eigenvalue weighted by atomic mass is 16.4. The second-order valence-electron chi connectivity index (χ2n) is 4.39. The van der Waals surface area contributed by atoms with Crippen LogP contribution in [-0.4, -0.2) is 23.8 Å². The molecule has 0 unspecified atom stereocenters. The molecule has 0 saturated carbocycles. The molecule has 0 bridgehead atoms. The van der Waals surface area contributed by atoms with Crippen molar-refractivity contribution in [1.29, 1.82) is 0 Å². The summed E-state index contributed by atoms with van der Waals surface area (Å²) in [6.07, 6.45) is -1.33. The monoisotopic (exact) mass is 306 g/mol. The zero-order valence-electron chi connectivity index (χ0n) is 11.6. The van der Waals surface area contributed by atoms with Crippen molar-refractivity contribution in [2.75, 3.05) is 10.6 Å². The highest BCUT2D eigenvalue weighted by Crippen LogP contribution is 2.21. The Morgan fingerprint density at radius 1 is 0.727 bits per heavy atom. The molecule has 118 valence electrons. The number of amides is 2. The zero-order chi connectivity index (χ0) is 16.5. The number of rotatable bonds is 8. The predicted molar refractivity (Wildman–Crippen MR) is 72.2 cm³/mol. The number of aliphatic carboxylic acids is 2. The summed E-state index contributed by atoms with van der Waals surface area (Å²) in [5, 5.41) is 25.5. The minimum absolute atomic E-state index is 0.255. The van der Waals surface area contributed by atoms with Crippen molar-refractivity contribution in [2.24, 2.45) is 0 Å². The molecule has 0 spiro atoms. The number of carbonyl (C=O) groups excluding carboxylic acids is 4. The van der Waals surface area contributed by atoms with Crippen LogP contribution in [0.2, 0.25) is 0 Å².